The Morgan fingerprint density at radius 3 is 2.07 bits per heavy atom. The molecule has 0 atom stereocenters. The fourth-order valence-corrected chi connectivity index (χ4v) is 4.49. The van der Waals surface area contributed by atoms with E-state index in [9.17, 15) is 13.2 Å². The molecule has 0 amide bonds. The van der Waals surface area contributed by atoms with Gasteiger partial charge in [-0.2, -0.15) is 17.9 Å². The number of benzene rings is 1. The molecule has 4 nitrogen and oxygen atoms in total. The predicted octanol–water partition coefficient (Wildman–Crippen LogP) is 5.43. The van der Waals surface area contributed by atoms with Gasteiger partial charge in [-0.15, -0.1) is 5.10 Å². The van der Waals surface area contributed by atoms with Gasteiger partial charge >= 0.3 is 6.18 Å². The first-order valence-electron chi connectivity index (χ1n) is 10.4. The van der Waals surface area contributed by atoms with Crippen molar-refractivity contribution in [3.05, 3.63) is 41.8 Å². The van der Waals surface area contributed by atoms with E-state index in [0.717, 1.165) is 57.8 Å². The lowest BCUT2D eigenvalue weighted by Gasteiger charge is -2.25. The predicted molar refractivity (Wildman–Crippen MR) is 101 cm³/mol. The van der Waals surface area contributed by atoms with Gasteiger partial charge in [0.05, 0.1) is 11.7 Å². The molecule has 2 fully saturated rings. The zero-order valence-corrected chi connectivity index (χ0v) is 16.0. The zero-order chi connectivity index (χ0) is 19.6. The molecular formula is C21H27F3N4. The zero-order valence-electron chi connectivity index (χ0n) is 16.0. The maximum Gasteiger partial charge on any atom is 0.451 e. The van der Waals surface area contributed by atoms with Gasteiger partial charge in [0.15, 0.2) is 0 Å². The molecule has 2 aliphatic carbocycles. The molecule has 2 saturated carbocycles. The van der Waals surface area contributed by atoms with Crippen LogP contribution >= 0.6 is 0 Å². The van der Waals surface area contributed by atoms with Gasteiger partial charge in [-0.1, -0.05) is 56.7 Å². The van der Waals surface area contributed by atoms with Gasteiger partial charge in [0.2, 0.25) is 11.4 Å². The highest BCUT2D eigenvalue weighted by atomic mass is 19.4. The van der Waals surface area contributed by atoms with Gasteiger partial charge in [0, 0.05) is 6.04 Å². The molecule has 0 N–H and O–H groups in total. The number of hydrogen-bond acceptors (Lipinski definition) is 2. The van der Waals surface area contributed by atoms with Crippen molar-refractivity contribution in [1.82, 2.24) is 14.3 Å². The Hall–Kier alpha value is -2.05. The van der Waals surface area contributed by atoms with Gasteiger partial charge in [0.25, 0.3) is 0 Å². The summed E-state index contributed by atoms with van der Waals surface area (Å²) in [6.45, 7) is 0. The number of hydrogen-bond donors (Lipinski definition) is 0. The lowest BCUT2D eigenvalue weighted by atomic mass is 9.95. The van der Waals surface area contributed by atoms with Gasteiger partial charge in [-0.25, -0.2) is 4.99 Å². The highest BCUT2D eigenvalue weighted by molar-refractivity contribution is 5.29. The van der Waals surface area contributed by atoms with Crippen molar-refractivity contribution in [2.75, 3.05) is 0 Å². The average molecular weight is 392 g/mol. The second-order valence-electron chi connectivity index (χ2n) is 7.95. The van der Waals surface area contributed by atoms with E-state index in [-0.39, 0.29) is 12.1 Å². The largest absolute Gasteiger partial charge is 0.451 e. The summed E-state index contributed by atoms with van der Waals surface area (Å²) in [4.78, 5) is 4.87. The second kappa shape index (κ2) is 8.13. The van der Waals surface area contributed by atoms with Crippen LogP contribution in [-0.2, 0) is 6.18 Å². The van der Waals surface area contributed by atoms with E-state index in [4.69, 9.17) is 4.99 Å². The van der Waals surface area contributed by atoms with Crippen LogP contribution in [-0.4, -0.2) is 20.4 Å². The normalized spacial score (nSPS) is 20.6. The van der Waals surface area contributed by atoms with Crippen LogP contribution in [0.5, 0.6) is 0 Å². The van der Waals surface area contributed by atoms with Gasteiger partial charge < -0.3 is 0 Å². The molecule has 0 aliphatic heterocycles. The molecule has 1 heterocycles. The third-order valence-electron chi connectivity index (χ3n) is 5.89. The summed E-state index contributed by atoms with van der Waals surface area (Å²) < 4.78 is 44.7. The Labute approximate surface area is 163 Å². The SMILES string of the molecule is FC(F)(F)c1nn(-c2ccccc2)c(=NC2CCCCC2)n1C1CCCCC1. The van der Waals surface area contributed by atoms with E-state index in [1.165, 1.54) is 15.7 Å². The first-order chi connectivity index (χ1) is 13.5. The molecule has 0 saturated heterocycles. The maximum absolute atomic E-state index is 14.0. The first-order valence-corrected chi connectivity index (χ1v) is 10.4. The maximum atomic E-state index is 14.0. The molecule has 28 heavy (non-hydrogen) atoms. The lowest BCUT2D eigenvalue weighted by molar-refractivity contribution is -0.148. The molecule has 7 heteroatoms. The Balaban J connectivity index is 1.92. The third kappa shape index (κ3) is 4.03. The number of aromatic nitrogens is 3. The topological polar surface area (TPSA) is 35.1 Å². The molecule has 0 unspecified atom stereocenters. The summed E-state index contributed by atoms with van der Waals surface area (Å²) in [5.41, 5.74) is 0.981. The standard InChI is InChI=1S/C21H27F3N4/c22-21(23,24)19-26-28(18-14-8-3-9-15-18)20(25-16-10-4-1-5-11-16)27(19)17-12-6-2-7-13-17/h3,8-9,14-17H,1-2,4-7,10-13H2. The smallest absolute Gasteiger partial charge is 0.286 e. The van der Waals surface area contributed by atoms with Crippen molar-refractivity contribution < 1.29 is 13.2 Å². The Kier molecular flexibility index (Phi) is 5.60. The van der Waals surface area contributed by atoms with Crippen LogP contribution in [0.2, 0.25) is 0 Å². The summed E-state index contributed by atoms with van der Waals surface area (Å²) in [5.74, 6) is -0.821. The van der Waals surface area contributed by atoms with E-state index in [1.54, 1.807) is 12.1 Å². The molecule has 1 aromatic carbocycles. The Morgan fingerprint density at radius 2 is 1.46 bits per heavy atom. The van der Waals surface area contributed by atoms with Crippen molar-refractivity contribution in [2.45, 2.75) is 82.5 Å². The molecule has 152 valence electrons. The van der Waals surface area contributed by atoms with E-state index >= 15 is 0 Å². The minimum Gasteiger partial charge on any atom is -0.286 e. The summed E-state index contributed by atoms with van der Waals surface area (Å²) in [5, 5.41) is 4.05. The van der Waals surface area contributed by atoms with Crippen LogP contribution in [0.1, 0.15) is 76.1 Å². The van der Waals surface area contributed by atoms with Crippen LogP contribution < -0.4 is 5.62 Å². The number of nitrogens with zero attached hydrogens (tertiary/aromatic N) is 4. The van der Waals surface area contributed by atoms with Crippen molar-refractivity contribution in [3.63, 3.8) is 0 Å². The molecule has 0 radical (unpaired) electrons. The average Bonchev–Trinajstić information content (AvgIpc) is 3.10. The van der Waals surface area contributed by atoms with E-state index in [0.29, 0.717) is 11.3 Å². The van der Waals surface area contributed by atoms with Crippen LogP contribution in [0.15, 0.2) is 35.3 Å². The van der Waals surface area contributed by atoms with Crippen molar-refractivity contribution in [1.29, 1.82) is 0 Å². The van der Waals surface area contributed by atoms with Crippen LogP contribution in [0.25, 0.3) is 5.69 Å². The molecule has 0 spiro atoms. The molecule has 1 aromatic heterocycles. The summed E-state index contributed by atoms with van der Waals surface area (Å²) in [6.07, 6.45) is 5.21. The fraction of sp³-hybridized carbons (Fsp3) is 0.619. The minimum atomic E-state index is -4.51. The number of halogens is 3. The number of rotatable bonds is 3. The number of alkyl halides is 3. The van der Waals surface area contributed by atoms with Crippen LogP contribution in [0, 0.1) is 0 Å². The number of para-hydroxylation sites is 1. The highest BCUT2D eigenvalue weighted by Gasteiger charge is 2.40. The molecular weight excluding hydrogens is 365 g/mol. The first kappa shape index (κ1) is 19.3. The fourth-order valence-electron chi connectivity index (χ4n) is 4.49. The minimum absolute atomic E-state index is 0.0730. The second-order valence-corrected chi connectivity index (χ2v) is 7.95. The van der Waals surface area contributed by atoms with Crippen molar-refractivity contribution in [3.8, 4) is 5.69 Å². The molecule has 4 rings (SSSR count). The van der Waals surface area contributed by atoms with E-state index < -0.39 is 12.0 Å². The highest BCUT2D eigenvalue weighted by Crippen LogP contribution is 2.34. The van der Waals surface area contributed by atoms with Gasteiger partial charge in [-0.05, 0) is 37.8 Å². The van der Waals surface area contributed by atoms with Crippen LogP contribution in [0.4, 0.5) is 13.2 Å². The quantitative estimate of drug-likeness (QED) is 0.686. The summed E-state index contributed by atoms with van der Waals surface area (Å²) >= 11 is 0. The lowest BCUT2D eigenvalue weighted by Crippen LogP contribution is -2.34. The Bertz CT molecular complexity index is 839. The molecule has 2 aromatic rings. The summed E-state index contributed by atoms with van der Waals surface area (Å²) in [6, 6.07) is 8.95. The van der Waals surface area contributed by atoms with Gasteiger partial charge in [0.1, 0.15) is 0 Å². The molecule has 2 aliphatic rings. The monoisotopic (exact) mass is 392 g/mol. The van der Waals surface area contributed by atoms with Crippen molar-refractivity contribution in [2.24, 2.45) is 4.99 Å². The summed E-state index contributed by atoms with van der Waals surface area (Å²) in [7, 11) is 0. The van der Waals surface area contributed by atoms with E-state index in [1.807, 2.05) is 18.2 Å². The Morgan fingerprint density at radius 1 is 0.857 bits per heavy atom. The third-order valence-corrected chi connectivity index (χ3v) is 5.89. The molecule has 0 bridgehead atoms. The van der Waals surface area contributed by atoms with Crippen molar-refractivity contribution >= 4 is 0 Å². The van der Waals surface area contributed by atoms with E-state index in [2.05, 4.69) is 5.10 Å². The van der Waals surface area contributed by atoms with Gasteiger partial charge in [-0.3, -0.25) is 4.57 Å². The van der Waals surface area contributed by atoms with Crippen LogP contribution in [0.3, 0.4) is 0 Å².